The second-order valence-electron chi connectivity index (χ2n) is 5.72. The predicted molar refractivity (Wildman–Crippen MR) is 82.6 cm³/mol. The molecule has 0 saturated heterocycles. The van der Waals surface area contributed by atoms with Crippen LogP contribution in [0.1, 0.15) is 31.7 Å². The van der Waals surface area contributed by atoms with Crippen LogP contribution in [0.25, 0.3) is 0 Å². The molecule has 0 bridgehead atoms. The maximum atomic E-state index is 11.9. The minimum atomic E-state index is -3.09. The summed E-state index contributed by atoms with van der Waals surface area (Å²) in [5.74, 6) is -0.800. The van der Waals surface area contributed by atoms with Gasteiger partial charge in [0.2, 0.25) is 0 Å². The third-order valence-corrected chi connectivity index (χ3v) is 6.13. The maximum absolute atomic E-state index is 11.9. The number of rotatable bonds is 6. The Hall–Kier alpha value is -1.56. The minimum absolute atomic E-state index is 0.0690. The monoisotopic (exact) mass is 311 g/mol. The molecular formula is C15H21NO4S. The fourth-order valence-corrected chi connectivity index (χ4v) is 3.60. The van der Waals surface area contributed by atoms with E-state index in [0.717, 1.165) is 11.3 Å². The molecule has 0 radical (unpaired) electrons. The van der Waals surface area contributed by atoms with Crippen LogP contribution in [0.4, 0.5) is 5.69 Å². The predicted octanol–water partition coefficient (Wildman–Crippen LogP) is 1.89. The van der Waals surface area contributed by atoms with Crippen LogP contribution < -0.4 is 4.90 Å². The smallest absolute Gasteiger partial charge is 0.304 e. The first kappa shape index (κ1) is 15.8. The van der Waals surface area contributed by atoms with Gasteiger partial charge in [0, 0.05) is 24.7 Å². The summed E-state index contributed by atoms with van der Waals surface area (Å²) in [6, 6.07) is 7.65. The summed E-state index contributed by atoms with van der Waals surface area (Å²) in [4.78, 5) is 13.0. The molecule has 1 aromatic carbocycles. The molecule has 0 aliphatic carbocycles. The first-order valence-corrected chi connectivity index (χ1v) is 8.80. The zero-order chi connectivity index (χ0) is 15.6. The highest BCUT2D eigenvalue weighted by Gasteiger charge is 2.30. The largest absolute Gasteiger partial charge is 0.481 e. The third-order valence-electron chi connectivity index (χ3n) is 3.94. The first-order valence-electron chi connectivity index (χ1n) is 7.08. The summed E-state index contributed by atoms with van der Waals surface area (Å²) in [5, 5.41) is 8.62. The Labute approximate surface area is 125 Å². The second-order valence-corrected chi connectivity index (χ2v) is 8.39. The average Bonchev–Trinajstić information content (AvgIpc) is 2.74. The molecule has 1 heterocycles. The Balaban J connectivity index is 2.14. The summed E-state index contributed by atoms with van der Waals surface area (Å²) in [5.41, 5.74) is 1.96. The number of carboxylic acids is 1. The zero-order valence-electron chi connectivity index (χ0n) is 12.3. The molecule has 1 N–H and O–H groups in total. The fraction of sp³-hybridized carbons (Fsp3) is 0.533. The number of carbonyl (C=O) groups is 1. The molecule has 21 heavy (non-hydrogen) atoms. The van der Waals surface area contributed by atoms with Gasteiger partial charge in [-0.1, -0.05) is 18.2 Å². The van der Waals surface area contributed by atoms with Crippen molar-refractivity contribution in [3.63, 3.8) is 0 Å². The van der Waals surface area contributed by atoms with Crippen LogP contribution in [0.3, 0.4) is 0 Å². The van der Waals surface area contributed by atoms with Crippen molar-refractivity contribution in [2.75, 3.05) is 23.7 Å². The van der Waals surface area contributed by atoms with Gasteiger partial charge in [-0.25, -0.2) is 8.42 Å². The van der Waals surface area contributed by atoms with Crippen molar-refractivity contribution >= 4 is 21.5 Å². The Bertz CT molecular complexity index is 624. The lowest BCUT2D eigenvalue weighted by Gasteiger charge is -2.20. The van der Waals surface area contributed by atoms with Crippen molar-refractivity contribution in [2.45, 2.75) is 31.4 Å². The van der Waals surface area contributed by atoms with E-state index >= 15 is 0 Å². The van der Waals surface area contributed by atoms with Crippen LogP contribution in [0.5, 0.6) is 0 Å². The summed E-state index contributed by atoms with van der Waals surface area (Å²) in [6.07, 6.45) is 0.0739. The Morgan fingerprint density at radius 1 is 1.38 bits per heavy atom. The van der Waals surface area contributed by atoms with Gasteiger partial charge in [0.1, 0.15) is 0 Å². The van der Waals surface area contributed by atoms with Crippen LogP contribution in [0.2, 0.25) is 0 Å². The molecular weight excluding hydrogens is 290 g/mol. The number of benzene rings is 1. The van der Waals surface area contributed by atoms with Gasteiger partial charge in [-0.15, -0.1) is 0 Å². The van der Waals surface area contributed by atoms with Crippen LogP contribution in [0.15, 0.2) is 24.3 Å². The number of aliphatic carboxylic acids is 1. The third kappa shape index (κ3) is 3.56. The Kier molecular flexibility index (Phi) is 4.56. The van der Waals surface area contributed by atoms with Gasteiger partial charge < -0.3 is 10.0 Å². The SMILES string of the molecule is CC(C)S(=O)(=O)CCN1CC(CC(=O)O)c2ccccc21. The van der Waals surface area contributed by atoms with Crippen molar-refractivity contribution in [3.05, 3.63) is 29.8 Å². The number of fused-ring (bicyclic) bond motifs is 1. The highest BCUT2D eigenvalue weighted by atomic mass is 32.2. The molecule has 6 heteroatoms. The second kappa shape index (κ2) is 6.05. The summed E-state index contributed by atoms with van der Waals surface area (Å²) >= 11 is 0. The van der Waals surface area contributed by atoms with Crippen molar-refractivity contribution in [2.24, 2.45) is 0 Å². The zero-order valence-corrected chi connectivity index (χ0v) is 13.1. The number of para-hydroxylation sites is 1. The molecule has 0 saturated carbocycles. The summed E-state index contributed by atoms with van der Waals surface area (Å²) < 4.78 is 23.9. The quantitative estimate of drug-likeness (QED) is 0.868. The van der Waals surface area contributed by atoms with E-state index < -0.39 is 15.8 Å². The lowest BCUT2D eigenvalue weighted by atomic mass is 9.98. The van der Waals surface area contributed by atoms with Crippen molar-refractivity contribution < 1.29 is 18.3 Å². The van der Waals surface area contributed by atoms with E-state index in [9.17, 15) is 13.2 Å². The molecule has 1 unspecified atom stereocenters. The van der Waals surface area contributed by atoms with Crippen LogP contribution >= 0.6 is 0 Å². The van der Waals surface area contributed by atoms with E-state index in [-0.39, 0.29) is 23.3 Å². The number of nitrogens with zero attached hydrogens (tertiary/aromatic N) is 1. The first-order chi connectivity index (χ1) is 9.81. The van der Waals surface area contributed by atoms with E-state index in [1.807, 2.05) is 29.2 Å². The summed E-state index contributed by atoms with van der Waals surface area (Å²) in [6.45, 7) is 4.34. The highest BCUT2D eigenvalue weighted by Crippen LogP contribution is 2.37. The van der Waals surface area contributed by atoms with E-state index in [2.05, 4.69) is 0 Å². The lowest BCUT2D eigenvalue weighted by Crippen LogP contribution is -2.31. The standard InChI is InChI=1S/C15H21NO4S/c1-11(2)21(19,20)8-7-16-10-12(9-15(17)18)13-5-3-4-6-14(13)16/h3-6,11-12H,7-10H2,1-2H3,(H,17,18). The van der Waals surface area contributed by atoms with E-state index in [4.69, 9.17) is 5.11 Å². The highest BCUT2D eigenvalue weighted by molar-refractivity contribution is 7.92. The van der Waals surface area contributed by atoms with Crippen molar-refractivity contribution in [1.29, 1.82) is 0 Å². The summed E-state index contributed by atoms with van der Waals surface area (Å²) in [7, 11) is -3.09. The molecule has 2 rings (SSSR count). The van der Waals surface area contributed by atoms with Gasteiger partial charge in [0.05, 0.1) is 17.4 Å². The number of hydrogen-bond donors (Lipinski definition) is 1. The van der Waals surface area contributed by atoms with Gasteiger partial charge in [-0.3, -0.25) is 4.79 Å². The van der Waals surface area contributed by atoms with Crippen LogP contribution in [-0.2, 0) is 14.6 Å². The normalized spacial score (nSPS) is 18.0. The van der Waals surface area contributed by atoms with Gasteiger partial charge >= 0.3 is 5.97 Å². The van der Waals surface area contributed by atoms with E-state index in [1.54, 1.807) is 13.8 Å². The van der Waals surface area contributed by atoms with E-state index in [1.165, 1.54) is 0 Å². The van der Waals surface area contributed by atoms with Gasteiger partial charge in [-0.05, 0) is 25.5 Å². The lowest BCUT2D eigenvalue weighted by molar-refractivity contribution is -0.137. The molecule has 1 atom stereocenters. The molecule has 1 aromatic rings. The molecule has 1 aliphatic heterocycles. The Morgan fingerprint density at radius 2 is 2.05 bits per heavy atom. The number of anilines is 1. The van der Waals surface area contributed by atoms with Crippen molar-refractivity contribution in [3.8, 4) is 0 Å². The number of carboxylic acid groups (broad SMARTS) is 1. The molecule has 0 amide bonds. The van der Waals surface area contributed by atoms with Gasteiger partial charge in [-0.2, -0.15) is 0 Å². The van der Waals surface area contributed by atoms with Gasteiger partial charge in [0.25, 0.3) is 0 Å². The van der Waals surface area contributed by atoms with Crippen LogP contribution in [-0.4, -0.2) is 43.6 Å². The van der Waals surface area contributed by atoms with Gasteiger partial charge in [0.15, 0.2) is 9.84 Å². The van der Waals surface area contributed by atoms with E-state index in [0.29, 0.717) is 13.1 Å². The number of sulfone groups is 1. The molecule has 0 aromatic heterocycles. The van der Waals surface area contributed by atoms with Crippen molar-refractivity contribution in [1.82, 2.24) is 0 Å². The maximum Gasteiger partial charge on any atom is 0.304 e. The molecule has 116 valence electrons. The topological polar surface area (TPSA) is 74.7 Å². The molecule has 0 spiro atoms. The number of hydrogen-bond acceptors (Lipinski definition) is 4. The fourth-order valence-electron chi connectivity index (χ4n) is 2.65. The van der Waals surface area contributed by atoms with Crippen LogP contribution in [0, 0.1) is 0 Å². The molecule has 0 fully saturated rings. The minimum Gasteiger partial charge on any atom is -0.481 e. The average molecular weight is 311 g/mol. The molecule has 5 nitrogen and oxygen atoms in total. The Morgan fingerprint density at radius 3 is 2.67 bits per heavy atom. The molecule has 1 aliphatic rings.